The molecule has 0 aromatic heterocycles. The standard InChI is InChI=1S/C64H48N2/c1-63(2)58-35-44-20-13-11-18-42(44)33-56(58)52-31-28-48(38-60(52)63)65(46-22-7-5-8-23-46)50-37-55-51-26-16-15-17-41(51)27-30-54(55)62(40-50)66(47-24-9-6-10-25-47)49-29-32-53-57-34-43-19-12-14-21-45(43)36-59(57)64(3,4)61(53)39-49/h5-40H,1-4H3. The fraction of sp³-hybridized carbons (Fsp3) is 0.0938. The Bertz CT molecular complexity index is 3770. The minimum absolute atomic E-state index is 0.185. The molecule has 13 rings (SSSR count). The average molecular weight is 845 g/mol. The van der Waals surface area contributed by atoms with Gasteiger partial charge in [0.1, 0.15) is 0 Å². The van der Waals surface area contributed by atoms with Gasteiger partial charge in [0, 0.05) is 44.7 Å². The van der Waals surface area contributed by atoms with Crippen LogP contribution in [0.1, 0.15) is 49.9 Å². The number of para-hydroxylation sites is 2. The molecule has 66 heavy (non-hydrogen) atoms. The zero-order chi connectivity index (χ0) is 44.3. The molecule has 11 aromatic rings. The first-order valence-electron chi connectivity index (χ1n) is 23.2. The van der Waals surface area contributed by atoms with E-state index in [4.69, 9.17) is 0 Å². The Balaban J connectivity index is 1.05. The summed E-state index contributed by atoms with van der Waals surface area (Å²) in [6, 6.07) is 81.6. The number of nitrogens with zero attached hydrogens (tertiary/aromatic N) is 2. The number of hydrogen-bond acceptors (Lipinski definition) is 2. The molecule has 0 spiro atoms. The van der Waals surface area contributed by atoms with Crippen molar-refractivity contribution < 1.29 is 0 Å². The molecule has 0 atom stereocenters. The first-order valence-corrected chi connectivity index (χ1v) is 23.2. The van der Waals surface area contributed by atoms with Gasteiger partial charge in [-0.2, -0.15) is 0 Å². The minimum atomic E-state index is -0.189. The summed E-state index contributed by atoms with van der Waals surface area (Å²) in [6.07, 6.45) is 0. The molecular formula is C64H48N2. The Morgan fingerprint density at radius 1 is 0.258 bits per heavy atom. The Morgan fingerprint density at radius 2 is 0.697 bits per heavy atom. The molecule has 0 heterocycles. The first kappa shape index (κ1) is 38.5. The molecule has 2 heteroatoms. The summed E-state index contributed by atoms with van der Waals surface area (Å²) in [5.74, 6) is 0. The van der Waals surface area contributed by atoms with Crippen LogP contribution >= 0.6 is 0 Å². The second-order valence-electron chi connectivity index (χ2n) is 19.4. The second-order valence-corrected chi connectivity index (χ2v) is 19.4. The largest absolute Gasteiger partial charge is 0.310 e. The topological polar surface area (TPSA) is 6.48 Å². The van der Waals surface area contributed by atoms with E-state index in [9.17, 15) is 0 Å². The monoisotopic (exact) mass is 844 g/mol. The zero-order valence-electron chi connectivity index (χ0n) is 37.7. The lowest BCUT2D eigenvalue weighted by Gasteiger charge is -2.32. The van der Waals surface area contributed by atoms with Crippen LogP contribution < -0.4 is 9.80 Å². The van der Waals surface area contributed by atoms with E-state index in [2.05, 4.69) is 256 Å². The van der Waals surface area contributed by atoms with Crippen LogP contribution in [0.3, 0.4) is 0 Å². The number of benzene rings is 11. The molecule has 0 saturated heterocycles. The molecule has 0 saturated carbocycles. The van der Waals surface area contributed by atoms with E-state index in [-0.39, 0.29) is 10.8 Å². The fourth-order valence-electron chi connectivity index (χ4n) is 11.5. The minimum Gasteiger partial charge on any atom is -0.310 e. The van der Waals surface area contributed by atoms with Crippen molar-refractivity contribution in [2.45, 2.75) is 38.5 Å². The Hall–Kier alpha value is -7.94. The van der Waals surface area contributed by atoms with Crippen molar-refractivity contribution in [2.75, 3.05) is 9.80 Å². The van der Waals surface area contributed by atoms with E-state index in [0.717, 1.165) is 34.1 Å². The summed E-state index contributed by atoms with van der Waals surface area (Å²) in [4.78, 5) is 4.96. The third-order valence-corrected chi connectivity index (χ3v) is 14.9. The van der Waals surface area contributed by atoms with Gasteiger partial charge in [-0.3, -0.25) is 0 Å². The van der Waals surface area contributed by atoms with Gasteiger partial charge in [-0.1, -0.05) is 161 Å². The number of hydrogen-bond donors (Lipinski definition) is 0. The molecule has 0 N–H and O–H groups in total. The van der Waals surface area contributed by atoms with Crippen molar-refractivity contribution >= 4 is 77.2 Å². The summed E-state index contributed by atoms with van der Waals surface area (Å²) in [7, 11) is 0. The lowest BCUT2D eigenvalue weighted by Crippen LogP contribution is -2.18. The molecule has 0 bridgehead atoms. The van der Waals surface area contributed by atoms with Crippen LogP contribution in [0.5, 0.6) is 0 Å². The molecule has 0 aliphatic heterocycles. The van der Waals surface area contributed by atoms with Crippen molar-refractivity contribution in [3.8, 4) is 22.3 Å². The van der Waals surface area contributed by atoms with Crippen LogP contribution in [-0.4, -0.2) is 0 Å². The van der Waals surface area contributed by atoms with E-state index in [1.54, 1.807) is 0 Å². The Labute approximate surface area is 386 Å². The van der Waals surface area contributed by atoms with Gasteiger partial charge in [-0.05, 0) is 167 Å². The van der Waals surface area contributed by atoms with E-state index in [1.165, 1.54) is 87.6 Å². The Morgan fingerprint density at radius 3 is 1.24 bits per heavy atom. The van der Waals surface area contributed by atoms with E-state index < -0.39 is 0 Å². The summed E-state index contributed by atoms with van der Waals surface area (Å²) in [5, 5.41) is 9.98. The van der Waals surface area contributed by atoms with Crippen LogP contribution in [0.4, 0.5) is 34.1 Å². The molecule has 0 radical (unpaired) electrons. The predicted octanol–water partition coefficient (Wildman–Crippen LogP) is 17.9. The summed E-state index contributed by atoms with van der Waals surface area (Å²) in [5.41, 5.74) is 17.1. The van der Waals surface area contributed by atoms with E-state index in [0.29, 0.717) is 0 Å². The number of anilines is 6. The maximum absolute atomic E-state index is 2.49. The van der Waals surface area contributed by atoms with Gasteiger partial charge < -0.3 is 9.80 Å². The highest BCUT2D eigenvalue weighted by molar-refractivity contribution is 6.15. The van der Waals surface area contributed by atoms with Crippen LogP contribution in [0.15, 0.2) is 218 Å². The van der Waals surface area contributed by atoms with Gasteiger partial charge in [-0.25, -0.2) is 0 Å². The Kier molecular flexibility index (Phi) is 8.33. The maximum Gasteiger partial charge on any atom is 0.0561 e. The molecule has 314 valence electrons. The van der Waals surface area contributed by atoms with Gasteiger partial charge in [-0.15, -0.1) is 0 Å². The van der Waals surface area contributed by atoms with Crippen molar-refractivity contribution in [3.63, 3.8) is 0 Å². The third-order valence-electron chi connectivity index (χ3n) is 14.9. The van der Waals surface area contributed by atoms with Crippen molar-refractivity contribution in [2.24, 2.45) is 0 Å². The normalized spacial score (nSPS) is 14.0. The number of fused-ring (bicyclic) bond motifs is 11. The highest BCUT2D eigenvalue weighted by Gasteiger charge is 2.38. The molecule has 2 aliphatic carbocycles. The van der Waals surface area contributed by atoms with Gasteiger partial charge in [0.25, 0.3) is 0 Å². The first-order chi connectivity index (χ1) is 32.2. The number of rotatable bonds is 6. The van der Waals surface area contributed by atoms with Crippen LogP contribution in [0, 0.1) is 0 Å². The molecule has 0 unspecified atom stereocenters. The van der Waals surface area contributed by atoms with Crippen LogP contribution in [-0.2, 0) is 10.8 Å². The lowest BCUT2D eigenvalue weighted by molar-refractivity contribution is 0.661. The highest BCUT2D eigenvalue weighted by atomic mass is 15.2. The van der Waals surface area contributed by atoms with Gasteiger partial charge >= 0.3 is 0 Å². The molecule has 2 nitrogen and oxygen atoms in total. The summed E-state index contributed by atoms with van der Waals surface area (Å²) >= 11 is 0. The quantitative estimate of drug-likeness (QED) is 0.154. The lowest BCUT2D eigenvalue weighted by atomic mass is 9.81. The smallest absolute Gasteiger partial charge is 0.0561 e. The molecule has 11 aromatic carbocycles. The van der Waals surface area contributed by atoms with Crippen molar-refractivity contribution in [3.05, 3.63) is 241 Å². The summed E-state index contributed by atoms with van der Waals surface area (Å²) in [6.45, 7) is 9.56. The van der Waals surface area contributed by atoms with Crippen molar-refractivity contribution in [1.29, 1.82) is 0 Å². The molecular weight excluding hydrogens is 797 g/mol. The van der Waals surface area contributed by atoms with E-state index >= 15 is 0 Å². The average Bonchev–Trinajstić information content (AvgIpc) is 3.70. The molecule has 2 aliphatic rings. The highest BCUT2D eigenvalue weighted by Crippen LogP contribution is 2.55. The van der Waals surface area contributed by atoms with Crippen LogP contribution in [0.2, 0.25) is 0 Å². The van der Waals surface area contributed by atoms with E-state index in [1.807, 2.05) is 0 Å². The van der Waals surface area contributed by atoms with Gasteiger partial charge in [0.15, 0.2) is 0 Å². The van der Waals surface area contributed by atoms with Gasteiger partial charge in [0.2, 0.25) is 0 Å². The molecule has 0 amide bonds. The SMILES string of the molecule is CC1(C)c2cc(N(c3ccccc3)c3cc(N(c4ccccc4)c4ccc5c(c4)C(C)(C)c4cc6ccccc6cc4-5)c4ccc5ccccc5c4c3)ccc2-c2cc3ccccc3cc21. The maximum atomic E-state index is 2.49. The molecule has 0 fully saturated rings. The van der Waals surface area contributed by atoms with Gasteiger partial charge in [0.05, 0.1) is 5.69 Å². The van der Waals surface area contributed by atoms with Crippen LogP contribution in [0.25, 0.3) is 65.3 Å². The summed E-state index contributed by atoms with van der Waals surface area (Å²) < 4.78 is 0. The fourth-order valence-corrected chi connectivity index (χ4v) is 11.5. The predicted molar refractivity (Wildman–Crippen MR) is 281 cm³/mol. The zero-order valence-corrected chi connectivity index (χ0v) is 37.7. The van der Waals surface area contributed by atoms with Crippen molar-refractivity contribution in [1.82, 2.24) is 0 Å². The third kappa shape index (κ3) is 5.74. The second kappa shape index (κ2) is 14.3.